The monoisotopic (exact) mass is 353 g/mol. The Morgan fingerprint density at radius 3 is 2.58 bits per heavy atom. The molecule has 0 saturated carbocycles. The van der Waals surface area contributed by atoms with Crippen LogP contribution >= 0.6 is 0 Å². The summed E-state index contributed by atoms with van der Waals surface area (Å²) in [5, 5.41) is 2.92. The second-order valence-corrected chi connectivity index (χ2v) is 6.43. The van der Waals surface area contributed by atoms with Crippen LogP contribution in [0.15, 0.2) is 57.7 Å². The lowest BCUT2D eigenvalue weighted by atomic mass is 10.2. The number of hydrogen-bond donors (Lipinski definition) is 1. The number of rotatable bonds is 7. The molecule has 3 rings (SSSR count). The summed E-state index contributed by atoms with van der Waals surface area (Å²) in [6.45, 7) is 0.960. The topological polar surface area (TPSA) is 67.5 Å². The van der Waals surface area contributed by atoms with E-state index in [4.69, 9.17) is 4.42 Å². The minimum absolute atomic E-state index is 0.0254. The highest BCUT2D eigenvalue weighted by Crippen LogP contribution is 2.13. The Balaban J connectivity index is 1.48. The lowest BCUT2D eigenvalue weighted by Gasteiger charge is -2.13. The van der Waals surface area contributed by atoms with Gasteiger partial charge in [0.25, 0.3) is 0 Å². The van der Waals surface area contributed by atoms with Crippen LogP contribution in [0.2, 0.25) is 0 Å². The first-order valence-corrected chi connectivity index (χ1v) is 8.66. The first-order chi connectivity index (χ1) is 12.5. The average Bonchev–Trinajstić information content (AvgIpc) is 2.96. The van der Waals surface area contributed by atoms with Crippen molar-refractivity contribution in [2.24, 2.45) is 0 Å². The van der Waals surface area contributed by atoms with Gasteiger partial charge in [-0.3, -0.25) is 9.36 Å². The third kappa shape index (κ3) is 4.14. The number of amides is 1. The smallest absolute Gasteiger partial charge is 0.408 e. The Kier molecular flexibility index (Phi) is 5.41. The molecule has 1 heterocycles. The summed E-state index contributed by atoms with van der Waals surface area (Å²) in [7, 11) is 3.98. The van der Waals surface area contributed by atoms with Crippen molar-refractivity contribution in [3.8, 4) is 0 Å². The summed E-state index contributed by atoms with van der Waals surface area (Å²) in [4.78, 5) is 26.0. The molecule has 3 aromatic rings. The van der Waals surface area contributed by atoms with Crippen LogP contribution in [0.3, 0.4) is 0 Å². The number of aryl methyl sites for hydroxylation is 1. The maximum absolute atomic E-state index is 12.0. The third-order valence-electron chi connectivity index (χ3n) is 4.30. The van der Waals surface area contributed by atoms with E-state index in [-0.39, 0.29) is 11.7 Å². The predicted molar refractivity (Wildman–Crippen MR) is 102 cm³/mol. The molecule has 0 atom stereocenters. The van der Waals surface area contributed by atoms with Crippen LogP contribution < -0.4 is 16.0 Å². The van der Waals surface area contributed by atoms with E-state index in [0.29, 0.717) is 31.5 Å². The molecule has 1 N–H and O–H groups in total. The van der Waals surface area contributed by atoms with Gasteiger partial charge in [-0.1, -0.05) is 24.3 Å². The van der Waals surface area contributed by atoms with Gasteiger partial charge in [0, 0.05) is 39.3 Å². The summed E-state index contributed by atoms with van der Waals surface area (Å²) >= 11 is 0. The fourth-order valence-electron chi connectivity index (χ4n) is 2.82. The number of benzene rings is 2. The van der Waals surface area contributed by atoms with Crippen LogP contribution in [0.25, 0.3) is 11.1 Å². The van der Waals surface area contributed by atoms with E-state index in [2.05, 4.69) is 5.32 Å². The van der Waals surface area contributed by atoms with E-state index in [9.17, 15) is 9.59 Å². The second kappa shape index (κ2) is 7.91. The van der Waals surface area contributed by atoms with Gasteiger partial charge in [-0.15, -0.1) is 0 Å². The van der Waals surface area contributed by atoms with Crippen LogP contribution in [0, 0.1) is 0 Å². The summed E-state index contributed by atoms with van der Waals surface area (Å²) in [5.41, 5.74) is 3.51. The molecule has 0 aliphatic rings. The van der Waals surface area contributed by atoms with Gasteiger partial charge in [0.2, 0.25) is 5.91 Å². The minimum atomic E-state index is -0.382. The third-order valence-corrected chi connectivity index (χ3v) is 4.30. The number of nitrogens with zero attached hydrogens (tertiary/aromatic N) is 2. The largest absolute Gasteiger partial charge is 0.419 e. The zero-order valence-electron chi connectivity index (χ0n) is 15.1. The molecule has 26 heavy (non-hydrogen) atoms. The van der Waals surface area contributed by atoms with E-state index in [0.717, 1.165) is 16.8 Å². The molecule has 6 heteroatoms. The molecule has 0 spiro atoms. The predicted octanol–water partition coefficient (Wildman–Crippen LogP) is 2.76. The molecule has 2 aromatic carbocycles. The van der Waals surface area contributed by atoms with Crippen molar-refractivity contribution in [3.05, 3.63) is 64.6 Å². The quantitative estimate of drug-likeness (QED) is 0.709. The van der Waals surface area contributed by atoms with E-state index < -0.39 is 0 Å². The van der Waals surface area contributed by atoms with Crippen LogP contribution in [0.5, 0.6) is 0 Å². The molecule has 0 aliphatic carbocycles. The molecule has 1 aromatic heterocycles. The van der Waals surface area contributed by atoms with Gasteiger partial charge in [-0.2, -0.15) is 0 Å². The Morgan fingerprint density at radius 2 is 1.85 bits per heavy atom. The number of fused-ring (bicyclic) bond motifs is 1. The molecule has 0 saturated heterocycles. The van der Waals surface area contributed by atoms with Crippen molar-refractivity contribution in [1.82, 2.24) is 9.88 Å². The zero-order chi connectivity index (χ0) is 18.5. The highest BCUT2D eigenvalue weighted by atomic mass is 16.4. The maximum Gasteiger partial charge on any atom is 0.419 e. The molecule has 136 valence electrons. The van der Waals surface area contributed by atoms with Crippen molar-refractivity contribution in [3.63, 3.8) is 0 Å². The molecule has 0 aliphatic heterocycles. The number of carbonyl (C=O) groups is 1. The lowest BCUT2D eigenvalue weighted by molar-refractivity contribution is -0.121. The highest BCUT2D eigenvalue weighted by Gasteiger charge is 2.09. The van der Waals surface area contributed by atoms with Crippen molar-refractivity contribution < 1.29 is 9.21 Å². The van der Waals surface area contributed by atoms with Gasteiger partial charge in [0.1, 0.15) is 0 Å². The molecule has 0 fully saturated rings. The number of hydrogen-bond acceptors (Lipinski definition) is 4. The summed E-state index contributed by atoms with van der Waals surface area (Å²) in [6.07, 6.45) is 0.941. The lowest BCUT2D eigenvalue weighted by Crippen LogP contribution is -2.23. The standard InChI is InChI=1S/C20H23N3O3/c1-22(2)16-11-9-15(10-12-16)14-21-19(24)8-5-13-23-17-6-3-4-7-18(17)26-20(23)25/h3-4,6-7,9-12H,5,8,13-14H2,1-2H3,(H,21,24). The van der Waals surface area contributed by atoms with E-state index in [1.54, 1.807) is 10.6 Å². The normalized spacial score (nSPS) is 10.8. The molecule has 0 bridgehead atoms. The van der Waals surface area contributed by atoms with Crippen molar-refractivity contribution >= 4 is 22.7 Å². The molecule has 0 unspecified atom stereocenters. The van der Waals surface area contributed by atoms with Crippen LogP contribution in [-0.2, 0) is 17.9 Å². The summed E-state index contributed by atoms with van der Waals surface area (Å²) < 4.78 is 6.76. The minimum Gasteiger partial charge on any atom is -0.408 e. The molecular formula is C20H23N3O3. The van der Waals surface area contributed by atoms with Crippen LogP contribution in [0.4, 0.5) is 5.69 Å². The number of oxazole rings is 1. The van der Waals surface area contributed by atoms with Gasteiger partial charge in [-0.25, -0.2) is 4.79 Å². The van der Waals surface area contributed by atoms with Crippen LogP contribution in [0.1, 0.15) is 18.4 Å². The Labute approximate surface area is 152 Å². The number of nitrogens with one attached hydrogen (secondary N) is 1. The summed E-state index contributed by atoms with van der Waals surface area (Å²) in [6, 6.07) is 15.4. The molecular weight excluding hydrogens is 330 g/mol. The van der Waals surface area contributed by atoms with Gasteiger partial charge < -0.3 is 14.6 Å². The number of para-hydroxylation sites is 2. The Hall–Kier alpha value is -3.02. The van der Waals surface area contributed by atoms with Gasteiger partial charge in [-0.05, 0) is 36.2 Å². The van der Waals surface area contributed by atoms with Gasteiger partial charge in [0.15, 0.2) is 5.58 Å². The first-order valence-electron chi connectivity index (χ1n) is 8.66. The van der Waals surface area contributed by atoms with E-state index >= 15 is 0 Å². The van der Waals surface area contributed by atoms with Gasteiger partial charge >= 0.3 is 5.76 Å². The number of anilines is 1. The molecule has 0 radical (unpaired) electrons. The fourth-order valence-corrected chi connectivity index (χ4v) is 2.82. The van der Waals surface area contributed by atoms with Crippen molar-refractivity contribution in [2.75, 3.05) is 19.0 Å². The molecule has 6 nitrogen and oxygen atoms in total. The van der Waals surface area contributed by atoms with Gasteiger partial charge in [0.05, 0.1) is 5.52 Å². The second-order valence-electron chi connectivity index (χ2n) is 6.43. The Bertz CT molecular complexity index is 939. The van der Waals surface area contributed by atoms with Crippen molar-refractivity contribution in [1.29, 1.82) is 0 Å². The number of carbonyl (C=O) groups excluding carboxylic acids is 1. The zero-order valence-corrected chi connectivity index (χ0v) is 15.1. The first kappa shape index (κ1) is 17.8. The highest BCUT2D eigenvalue weighted by molar-refractivity contribution is 5.76. The average molecular weight is 353 g/mol. The van der Waals surface area contributed by atoms with Crippen LogP contribution in [-0.4, -0.2) is 24.6 Å². The van der Waals surface area contributed by atoms with Crippen molar-refractivity contribution in [2.45, 2.75) is 25.9 Å². The Morgan fingerprint density at radius 1 is 1.12 bits per heavy atom. The maximum atomic E-state index is 12.0. The SMILES string of the molecule is CN(C)c1ccc(CNC(=O)CCCn2c(=O)oc3ccccc32)cc1. The van der Waals surface area contributed by atoms with E-state index in [1.807, 2.05) is 61.5 Å². The van der Waals surface area contributed by atoms with E-state index in [1.165, 1.54) is 0 Å². The fraction of sp³-hybridized carbons (Fsp3) is 0.300. The summed E-state index contributed by atoms with van der Waals surface area (Å²) in [5.74, 6) is -0.407. The molecule has 1 amide bonds. The number of aromatic nitrogens is 1.